The average Bonchev–Trinajstić information content (AvgIpc) is 3.20. The Morgan fingerprint density at radius 2 is 1.74 bits per heavy atom. The summed E-state index contributed by atoms with van der Waals surface area (Å²) in [5, 5.41) is 0. The van der Waals surface area contributed by atoms with Crippen LogP contribution in [0.4, 0.5) is 51.7 Å². The van der Waals surface area contributed by atoms with Crippen LogP contribution in [0.3, 0.4) is 0 Å². The molecule has 38 heavy (non-hydrogen) atoms. The van der Waals surface area contributed by atoms with Crippen molar-refractivity contribution < 1.29 is 49.8 Å². The Morgan fingerprint density at radius 1 is 1.08 bits per heavy atom. The van der Waals surface area contributed by atoms with Crippen molar-refractivity contribution in [1.82, 2.24) is 4.90 Å². The van der Waals surface area contributed by atoms with E-state index in [0.717, 1.165) is 41.1 Å². The van der Waals surface area contributed by atoms with Crippen LogP contribution in [0, 0.1) is 18.2 Å². The van der Waals surface area contributed by atoms with Gasteiger partial charge < -0.3 is 14.4 Å². The van der Waals surface area contributed by atoms with Gasteiger partial charge >= 0.3 is 24.5 Å². The minimum Gasteiger partial charge on any atom is -0.407 e. The van der Waals surface area contributed by atoms with E-state index >= 15 is 0 Å². The van der Waals surface area contributed by atoms with Crippen LogP contribution < -0.4 is 14.5 Å². The summed E-state index contributed by atoms with van der Waals surface area (Å²) < 4.78 is 106. The van der Waals surface area contributed by atoms with Crippen LogP contribution in [0.1, 0.15) is 11.1 Å². The largest absolute Gasteiger partial charge is 0.420 e. The Balaban J connectivity index is 2.05. The number of anilines is 2. The molecule has 1 fully saturated rings. The normalized spacial score (nSPS) is 14.0. The standard InChI is InChI=1S/C24H20F7N3O4/c1-3-11-37-12-10-33-8-9-34(21(33)35)19-14-15(23(26,27)28)13-18(24(29,30)31)20(19)38-22(36)32(2)17-6-4-16(25)5-7-17/h1,4-7,13-14H,8-12H2,2H3. The molecule has 0 atom stereocenters. The summed E-state index contributed by atoms with van der Waals surface area (Å²) in [6.45, 7) is -0.478. The topological polar surface area (TPSA) is 62.3 Å². The summed E-state index contributed by atoms with van der Waals surface area (Å²) in [6, 6.07) is 3.43. The molecule has 3 amide bonds. The molecule has 0 N–H and O–H groups in total. The van der Waals surface area contributed by atoms with E-state index < -0.39 is 52.9 Å². The number of terminal acetylenes is 1. The van der Waals surface area contributed by atoms with E-state index in [4.69, 9.17) is 15.9 Å². The van der Waals surface area contributed by atoms with Crippen LogP contribution in [-0.4, -0.2) is 56.9 Å². The fourth-order valence-electron chi connectivity index (χ4n) is 3.54. The summed E-state index contributed by atoms with van der Waals surface area (Å²) >= 11 is 0. The molecule has 0 aromatic heterocycles. The van der Waals surface area contributed by atoms with Crippen LogP contribution in [0.2, 0.25) is 0 Å². The van der Waals surface area contributed by atoms with Crippen molar-refractivity contribution in [3.63, 3.8) is 0 Å². The fraction of sp³-hybridized carbons (Fsp3) is 0.333. The summed E-state index contributed by atoms with van der Waals surface area (Å²) in [4.78, 5) is 28.2. The lowest BCUT2D eigenvalue weighted by Crippen LogP contribution is -2.35. The van der Waals surface area contributed by atoms with E-state index in [2.05, 4.69) is 5.92 Å². The van der Waals surface area contributed by atoms with Gasteiger partial charge in [-0.05, 0) is 36.4 Å². The van der Waals surface area contributed by atoms with Gasteiger partial charge in [0.2, 0.25) is 0 Å². The van der Waals surface area contributed by atoms with Gasteiger partial charge in [-0.1, -0.05) is 5.92 Å². The number of amides is 3. The summed E-state index contributed by atoms with van der Waals surface area (Å²) in [6.07, 6.45) is -6.97. The van der Waals surface area contributed by atoms with Crippen molar-refractivity contribution in [2.24, 2.45) is 0 Å². The molecule has 204 valence electrons. The maximum Gasteiger partial charge on any atom is 0.420 e. The number of rotatable bonds is 7. The Hall–Kier alpha value is -3.99. The molecule has 0 saturated carbocycles. The van der Waals surface area contributed by atoms with Crippen molar-refractivity contribution in [3.8, 4) is 18.1 Å². The van der Waals surface area contributed by atoms with Crippen LogP contribution in [0.15, 0.2) is 36.4 Å². The Bertz CT molecular complexity index is 1220. The number of ether oxygens (including phenoxy) is 2. The number of benzene rings is 2. The van der Waals surface area contributed by atoms with Gasteiger partial charge in [0.05, 0.1) is 17.9 Å². The highest BCUT2D eigenvalue weighted by molar-refractivity contribution is 5.97. The number of halogens is 7. The van der Waals surface area contributed by atoms with Gasteiger partial charge in [0.15, 0.2) is 5.75 Å². The molecule has 0 radical (unpaired) electrons. The molecule has 1 saturated heterocycles. The number of carbonyl (C=O) groups is 2. The third-order valence-corrected chi connectivity index (χ3v) is 5.46. The van der Waals surface area contributed by atoms with Gasteiger partial charge in [-0.3, -0.25) is 9.80 Å². The first kappa shape index (κ1) is 28.6. The minimum absolute atomic E-state index is 0.0220. The molecule has 14 heteroatoms. The lowest BCUT2D eigenvalue weighted by atomic mass is 10.1. The Kier molecular flexibility index (Phi) is 8.41. The van der Waals surface area contributed by atoms with Crippen molar-refractivity contribution in [2.45, 2.75) is 12.4 Å². The lowest BCUT2D eigenvalue weighted by Gasteiger charge is -2.26. The molecule has 3 rings (SSSR count). The highest BCUT2D eigenvalue weighted by atomic mass is 19.4. The summed E-state index contributed by atoms with van der Waals surface area (Å²) in [5.41, 5.74) is -4.49. The van der Waals surface area contributed by atoms with Crippen LogP contribution in [-0.2, 0) is 17.1 Å². The molecular formula is C24H20F7N3O4. The molecule has 7 nitrogen and oxygen atoms in total. The Labute approximate surface area is 212 Å². The van der Waals surface area contributed by atoms with Crippen LogP contribution >= 0.6 is 0 Å². The molecule has 1 aliphatic rings. The van der Waals surface area contributed by atoms with E-state index in [1.54, 1.807) is 0 Å². The minimum atomic E-state index is -5.40. The molecule has 1 heterocycles. The first-order valence-electron chi connectivity index (χ1n) is 10.8. The highest BCUT2D eigenvalue weighted by Crippen LogP contribution is 2.47. The zero-order valence-corrected chi connectivity index (χ0v) is 19.7. The van der Waals surface area contributed by atoms with Crippen molar-refractivity contribution >= 4 is 23.5 Å². The smallest absolute Gasteiger partial charge is 0.407 e. The predicted molar refractivity (Wildman–Crippen MR) is 121 cm³/mol. The number of carbonyl (C=O) groups excluding carboxylic acids is 2. The monoisotopic (exact) mass is 547 g/mol. The first-order valence-corrected chi connectivity index (χ1v) is 10.8. The maximum absolute atomic E-state index is 14.0. The van der Waals surface area contributed by atoms with Gasteiger partial charge in [0.25, 0.3) is 0 Å². The number of hydrogen-bond acceptors (Lipinski definition) is 4. The molecule has 2 aromatic carbocycles. The summed E-state index contributed by atoms with van der Waals surface area (Å²) in [7, 11) is 1.10. The third kappa shape index (κ3) is 6.46. The predicted octanol–water partition coefficient (Wildman–Crippen LogP) is 5.39. The average molecular weight is 547 g/mol. The quantitative estimate of drug-likeness (QED) is 0.265. The third-order valence-electron chi connectivity index (χ3n) is 5.46. The van der Waals surface area contributed by atoms with Crippen LogP contribution in [0.5, 0.6) is 5.75 Å². The van der Waals surface area contributed by atoms with Crippen LogP contribution in [0.25, 0.3) is 0 Å². The van der Waals surface area contributed by atoms with E-state index in [1.165, 1.54) is 0 Å². The first-order chi connectivity index (χ1) is 17.7. The fourth-order valence-corrected chi connectivity index (χ4v) is 3.54. The SMILES string of the molecule is C#CCOCCN1CCN(c2cc(C(F)(F)F)cc(C(F)(F)F)c2OC(=O)N(C)c2ccc(F)cc2)C1=O. The van der Waals surface area contributed by atoms with E-state index in [9.17, 15) is 40.3 Å². The molecular weight excluding hydrogens is 527 g/mol. The molecule has 0 aliphatic carbocycles. The van der Waals surface area contributed by atoms with Crippen molar-refractivity contribution in [2.75, 3.05) is 49.7 Å². The van der Waals surface area contributed by atoms with Gasteiger partial charge in [-0.15, -0.1) is 6.42 Å². The summed E-state index contributed by atoms with van der Waals surface area (Å²) in [5.74, 6) is 0.269. The maximum atomic E-state index is 14.0. The molecule has 2 aromatic rings. The van der Waals surface area contributed by atoms with Crippen molar-refractivity contribution in [3.05, 3.63) is 53.3 Å². The zero-order chi connectivity index (χ0) is 28.3. The van der Waals surface area contributed by atoms with Gasteiger partial charge in [-0.2, -0.15) is 26.3 Å². The second kappa shape index (κ2) is 11.2. The van der Waals surface area contributed by atoms with E-state index in [0.29, 0.717) is 11.0 Å². The van der Waals surface area contributed by atoms with E-state index in [-0.39, 0.29) is 44.6 Å². The highest BCUT2D eigenvalue weighted by Gasteiger charge is 2.44. The number of urea groups is 1. The number of alkyl halides is 6. The Morgan fingerprint density at radius 3 is 2.32 bits per heavy atom. The second-order valence-electron chi connectivity index (χ2n) is 7.95. The number of nitrogens with zero attached hydrogens (tertiary/aromatic N) is 3. The van der Waals surface area contributed by atoms with E-state index in [1.807, 2.05) is 0 Å². The van der Waals surface area contributed by atoms with Gasteiger partial charge in [0.1, 0.15) is 18.0 Å². The number of hydrogen-bond donors (Lipinski definition) is 0. The molecule has 1 aliphatic heterocycles. The molecule has 0 bridgehead atoms. The zero-order valence-electron chi connectivity index (χ0n) is 19.7. The van der Waals surface area contributed by atoms with Gasteiger partial charge in [-0.25, -0.2) is 14.0 Å². The lowest BCUT2D eigenvalue weighted by molar-refractivity contribution is -0.143. The molecule has 0 spiro atoms. The van der Waals surface area contributed by atoms with Crippen molar-refractivity contribution in [1.29, 1.82) is 0 Å². The van der Waals surface area contributed by atoms with Gasteiger partial charge in [0, 0.05) is 32.4 Å². The molecule has 0 unspecified atom stereocenters. The second-order valence-corrected chi connectivity index (χ2v) is 7.95.